The normalized spacial score (nSPS) is 15.3. The van der Waals surface area contributed by atoms with Gasteiger partial charge in [0.25, 0.3) is 0 Å². The summed E-state index contributed by atoms with van der Waals surface area (Å²) in [5.74, 6) is 0.519. The molecule has 110 valence electrons. The molecule has 0 amide bonds. The van der Waals surface area contributed by atoms with Crippen LogP contribution in [-0.4, -0.2) is 26.2 Å². The second kappa shape index (κ2) is 6.59. The number of piperazine rings is 1. The molecule has 1 aliphatic heterocycles. The predicted octanol–water partition coefficient (Wildman–Crippen LogP) is 4.41. The van der Waals surface area contributed by atoms with Gasteiger partial charge in [0.15, 0.2) is 0 Å². The molecule has 0 aromatic heterocycles. The molecule has 0 atom stereocenters. The van der Waals surface area contributed by atoms with Crippen molar-refractivity contribution < 1.29 is 0 Å². The highest BCUT2D eigenvalue weighted by molar-refractivity contribution is 6.31. The number of para-hydroxylation sites is 1. The first-order valence-electron chi connectivity index (χ1n) is 7.17. The van der Waals surface area contributed by atoms with Gasteiger partial charge in [0.1, 0.15) is 0 Å². The summed E-state index contributed by atoms with van der Waals surface area (Å²) >= 11 is 12.2. The minimum atomic E-state index is 0.519. The molecule has 0 unspecified atom stereocenters. The molecule has 0 aliphatic carbocycles. The number of nitrogens with zero attached hydrogens (tertiary/aromatic N) is 2. The molecule has 21 heavy (non-hydrogen) atoms. The molecule has 3 rings (SSSR count). The van der Waals surface area contributed by atoms with Crippen LogP contribution in [0.1, 0.15) is 5.56 Å². The van der Waals surface area contributed by atoms with Crippen molar-refractivity contribution in [1.82, 2.24) is 0 Å². The lowest BCUT2D eigenvalue weighted by Crippen LogP contribution is -2.46. The van der Waals surface area contributed by atoms with E-state index in [0.29, 0.717) is 5.88 Å². The minimum absolute atomic E-state index is 0.519. The van der Waals surface area contributed by atoms with Gasteiger partial charge in [-0.1, -0.05) is 35.9 Å². The third-order valence-corrected chi connectivity index (χ3v) is 4.46. The third-order valence-electron chi connectivity index (χ3n) is 3.93. The van der Waals surface area contributed by atoms with E-state index in [0.717, 1.165) is 36.8 Å². The van der Waals surface area contributed by atoms with Gasteiger partial charge >= 0.3 is 0 Å². The van der Waals surface area contributed by atoms with Crippen LogP contribution in [0.2, 0.25) is 5.02 Å². The van der Waals surface area contributed by atoms with Gasteiger partial charge in [0, 0.05) is 48.5 Å². The summed E-state index contributed by atoms with van der Waals surface area (Å²) in [4.78, 5) is 4.80. The van der Waals surface area contributed by atoms with Gasteiger partial charge < -0.3 is 9.80 Å². The predicted molar refractivity (Wildman–Crippen MR) is 91.9 cm³/mol. The first-order chi connectivity index (χ1) is 10.3. The maximum atomic E-state index is 6.14. The van der Waals surface area contributed by atoms with Gasteiger partial charge in [-0.2, -0.15) is 0 Å². The van der Waals surface area contributed by atoms with Crippen molar-refractivity contribution in [3.05, 3.63) is 59.1 Å². The summed E-state index contributed by atoms with van der Waals surface area (Å²) in [7, 11) is 0. The smallest absolute Gasteiger partial charge is 0.0494 e. The fourth-order valence-electron chi connectivity index (χ4n) is 2.79. The molecular weight excluding hydrogens is 303 g/mol. The number of hydrogen-bond acceptors (Lipinski definition) is 2. The van der Waals surface area contributed by atoms with E-state index in [1.54, 1.807) is 0 Å². The highest BCUT2D eigenvalue weighted by Crippen LogP contribution is 2.28. The van der Waals surface area contributed by atoms with Crippen LogP contribution in [0, 0.1) is 0 Å². The molecule has 0 radical (unpaired) electrons. The molecule has 4 heteroatoms. The van der Waals surface area contributed by atoms with Crippen LogP contribution in [-0.2, 0) is 5.88 Å². The molecular formula is C17H18Cl2N2. The molecule has 2 aromatic carbocycles. The van der Waals surface area contributed by atoms with Crippen molar-refractivity contribution >= 4 is 34.6 Å². The Balaban J connectivity index is 1.73. The van der Waals surface area contributed by atoms with Gasteiger partial charge in [-0.3, -0.25) is 0 Å². The van der Waals surface area contributed by atoms with E-state index in [2.05, 4.69) is 40.1 Å². The van der Waals surface area contributed by atoms with Gasteiger partial charge in [0.05, 0.1) is 0 Å². The summed E-state index contributed by atoms with van der Waals surface area (Å²) in [6.45, 7) is 3.99. The van der Waals surface area contributed by atoms with Gasteiger partial charge in [-0.15, -0.1) is 11.6 Å². The maximum Gasteiger partial charge on any atom is 0.0494 e. The number of rotatable bonds is 3. The fourth-order valence-corrected chi connectivity index (χ4v) is 3.18. The second-order valence-corrected chi connectivity index (χ2v) is 5.92. The van der Waals surface area contributed by atoms with Gasteiger partial charge in [-0.25, -0.2) is 0 Å². The van der Waals surface area contributed by atoms with Crippen LogP contribution in [0.3, 0.4) is 0 Å². The maximum absolute atomic E-state index is 6.14. The number of benzene rings is 2. The Morgan fingerprint density at radius 1 is 0.857 bits per heavy atom. The second-order valence-electron chi connectivity index (χ2n) is 5.22. The monoisotopic (exact) mass is 320 g/mol. The lowest BCUT2D eigenvalue weighted by atomic mass is 10.1. The van der Waals surface area contributed by atoms with Crippen LogP contribution >= 0.6 is 23.2 Å². The molecule has 0 N–H and O–H groups in total. The fraction of sp³-hybridized carbons (Fsp3) is 0.294. The van der Waals surface area contributed by atoms with E-state index in [4.69, 9.17) is 23.2 Å². The van der Waals surface area contributed by atoms with Crippen molar-refractivity contribution in [2.75, 3.05) is 36.0 Å². The molecule has 0 spiro atoms. The van der Waals surface area contributed by atoms with Crippen LogP contribution in [0.4, 0.5) is 11.4 Å². The Bertz CT molecular complexity index is 593. The zero-order valence-corrected chi connectivity index (χ0v) is 13.3. The number of anilines is 2. The molecule has 1 aliphatic rings. The van der Waals surface area contributed by atoms with Crippen molar-refractivity contribution in [2.24, 2.45) is 0 Å². The first kappa shape index (κ1) is 14.6. The van der Waals surface area contributed by atoms with Gasteiger partial charge in [-0.05, 0) is 29.8 Å². The zero-order valence-electron chi connectivity index (χ0n) is 11.8. The van der Waals surface area contributed by atoms with Crippen LogP contribution in [0.5, 0.6) is 0 Å². The Morgan fingerprint density at radius 3 is 2.19 bits per heavy atom. The van der Waals surface area contributed by atoms with Crippen LogP contribution in [0.25, 0.3) is 0 Å². The summed E-state index contributed by atoms with van der Waals surface area (Å²) in [6.07, 6.45) is 0. The average Bonchev–Trinajstić information content (AvgIpc) is 2.56. The van der Waals surface area contributed by atoms with E-state index in [1.165, 1.54) is 11.4 Å². The molecule has 1 fully saturated rings. The van der Waals surface area contributed by atoms with Crippen molar-refractivity contribution in [3.8, 4) is 0 Å². The Labute approximate surface area is 135 Å². The highest BCUT2D eigenvalue weighted by Gasteiger charge is 2.19. The number of hydrogen-bond donors (Lipinski definition) is 0. The summed E-state index contributed by atoms with van der Waals surface area (Å²) in [5, 5.41) is 0.768. The van der Waals surface area contributed by atoms with E-state index >= 15 is 0 Å². The Morgan fingerprint density at radius 2 is 1.52 bits per heavy atom. The lowest BCUT2D eigenvalue weighted by Gasteiger charge is -2.38. The molecule has 0 saturated carbocycles. The van der Waals surface area contributed by atoms with Gasteiger partial charge in [0.2, 0.25) is 0 Å². The first-order valence-corrected chi connectivity index (χ1v) is 8.08. The molecule has 1 saturated heterocycles. The average molecular weight is 321 g/mol. The summed E-state index contributed by atoms with van der Waals surface area (Å²) < 4.78 is 0. The standard InChI is InChI=1S/C17H18Cl2N2/c18-13-14-6-7-15(19)12-17(14)21-10-8-20(9-11-21)16-4-2-1-3-5-16/h1-7,12H,8-11,13H2. The zero-order chi connectivity index (χ0) is 14.7. The molecule has 2 nitrogen and oxygen atoms in total. The quantitative estimate of drug-likeness (QED) is 0.773. The largest absolute Gasteiger partial charge is 0.368 e. The minimum Gasteiger partial charge on any atom is -0.368 e. The summed E-state index contributed by atoms with van der Waals surface area (Å²) in [6, 6.07) is 16.5. The van der Waals surface area contributed by atoms with E-state index in [1.807, 2.05) is 18.2 Å². The number of alkyl halides is 1. The van der Waals surface area contributed by atoms with E-state index in [9.17, 15) is 0 Å². The molecule has 0 bridgehead atoms. The SMILES string of the molecule is ClCc1ccc(Cl)cc1N1CCN(c2ccccc2)CC1. The Kier molecular flexibility index (Phi) is 4.57. The van der Waals surface area contributed by atoms with Crippen LogP contribution in [0.15, 0.2) is 48.5 Å². The lowest BCUT2D eigenvalue weighted by molar-refractivity contribution is 0.652. The topological polar surface area (TPSA) is 6.48 Å². The van der Waals surface area contributed by atoms with Crippen molar-refractivity contribution in [1.29, 1.82) is 0 Å². The van der Waals surface area contributed by atoms with Crippen LogP contribution < -0.4 is 9.80 Å². The third kappa shape index (κ3) is 3.28. The van der Waals surface area contributed by atoms with Crippen molar-refractivity contribution in [3.63, 3.8) is 0 Å². The highest BCUT2D eigenvalue weighted by atomic mass is 35.5. The molecule has 1 heterocycles. The van der Waals surface area contributed by atoms with Crippen molar-refractivity contribution in [2.45, 2.75) is 5.88 Å². The molecule has 2 aromatic rings. The van der Waals surface area contributed by atoms with E-state index in [-0.39, 0.29) is 0 Å². The van der Waals surface area contributed by atoms with E-state index < -0.39 is 0 Å². The summed E-state index contributed by atoms with van der Waals surface area (Å²) in [5.41, 5.74) is 3.61. The number of halogens is 2. The Hall–Kier alpha value is -1.38.